The van der Waals surface area contributed by atoms with Gasteiger partial charge < -0.3 is 25.5 Å². The van der Waals surface area contributed by atoms with Crippen molar-refractivity contribution in [2.24, 2.45) is 0 Å². The van der Waals surface area contributed by atoms with Gasteiger partial charge in [0.2, 0.25) is 5.91 Å². The molecule has 0 atom stereocenters. The van der Waals surface area contributed by atoms with Crippen LogP contribution in [-0.4, -0.2) is 63.1 Å². The Kier molecular flexibility index (Phi) is 8.50. The highest BCUT2D eigenvalue weighted by Gasteiger charge is 2.23. The average molecular weight is 552 g/mol. The molecular formula is C33H33N3O5. The van der Waals surface area contributed by atoms with E-state index in [2.05, 4.69) is 58.7 Å². The van der Waals surface area contributed by atoms with E-state index in [1.165, 1.54) is 28.8 Å². The van der Waals surface area contributed by atoms with Crippen molar-refractivity contribution >= 4 is 11.8 Å². The largest absolute Gasteiger partial charge is 0.504 e. The second-order valence-corrected chi connectivity index (χ2v) is 10.2. The van der Waals surface area contributed by atoms with Crippen LogP contribution < -0.4 is 5.32 Å². The highest BCUT2D eigenvalue weighted by molar-refractivity contribution is 5.94. The van der Waals surface area contributed by atoms with E-state index in [0.29, 0.717) is 24.2 Å². The number of benzene rings is 4. The van der Waals surface area contributed by atoms with E-state index in [9.17, 15) is 24.9 Å². The standard InChI is InChI=1S/C33H33N3O5/c37-29-18-24(19-30(38)32(29)40)20-31(39)34-21-23-10-12-26(13-11-23)33(41)36-16-14-35(15-17-36)22-27-8-4-5-9-28(27)25-6-2-1-3-7-25/h1-13,18-19,37-38,40H,14-17,20-22H2,(H,34,39). The first kappa shape index (κ1) is 27.7. The summed E-state index contributed by atoms with van der Waals surface area (Å²) in [5, 5.41) is 31.5. The maximum absolute atomic E-state index is 13.1. The predicted octanol–water partition coefficient (Wildman–Crippen LogP) is 4.29. The second-order valence-electron chi connectivity index (χ2n) is 10.2. The molecule has 8 nitrogen and oxygen atoms in total. The van der Waals surface area contributed by atoms with Crippen LogP contribution in [0.5, 0.6) is 17.2 Å². The van der Waals surface area contributed by atoms with Gasteiger partial charge in [0, 0.05) is 44.8 Å². The molecule has 1 aliphatic heterocycles. The summed E-state index contributed by atoms with van der Waals surface area (Å²) in [5.74, 6) is -1.89. The maximum Gasteiger partial charge on any atom is 0.253 e. The molecule has 0 aliphatic carbocycles. The quantitative estimate of drug-likeness (QED) is 0.243. The third-order valence-corrected chi connectivity index (χ3v) is 7.34. The molecule has 4 aromatic rings. The number of hydrogen-bond donors (Lipinski definition) is 4. The van der Waals surface area contributed by atoms with Gasteiger partial charge in [0.25, 0.3) is 5.91 Å². The molecule has 1 heterocycles. The van der Waals surface area contributed by atoms with Crippen LogP contribution in [0, 0.1) is 0 Å². The lowest BCUT2D eigenvalue weighted by Crippen LogP contribution is -2.48. The Bertz CT molecular complexity index is 1490. The molecule has 1 aliphatic rings. The molecule has 5 rings (SSSR count). The lowest BCUT2D eigenvalue weighted by atomic mass is 9.99. The van der Waals surface area contributed by atoms with Gasteiger partial charge in [-0.3, -0.25) is 14.5 Å². The average Bonchev–Trinajstić information content (AvgIpc) is 3.00. The van der Waals surface area contributed by atoms with Crippen molar-refractivity contribution in [2.45, 2.75) is 19.5 Å². The van der Waals surface area contributed by atoms with E-state index in [0.717, 1.165) is 25.2 Å². The molecule has 0 radical (unpaired) electrons. The third-order valence-electron chi connectivity index (χ3n) is 7.34. The molecule has 2 amide bonds. The Morgan fingerprint density at radius 3 is 2.05 bits per heavy atom. The highest BCUT2D eigenvalue weighted by Crippen LogP contribution is 2.35. The van der Waals surface area contributed by atoms with Gasteiger partial charge in [-0.1, -0.05) is 66.7 Å². The zero-order valence-corrected chi connectivity index (χ0v) is 22.7. The Morgan fingerprint density at radius 1 is 0.732 bits per heavy atom. The van der Waals surface area contributed by atoms with Gasteiger partial charge in [-0.15, -0.1) is 0 Å². The van der Waals surface area contributed by atoms with Crippen LogP contribution in [-0.2, 0) is 24.3 Å². The number of hydrogen-bond acceptors (Lipinski definition) is 6. The van der Waals surface area contributed by atoms with Crippen molar-refractivity contribution < 1.29 is 24.9 Å². The van der Waals surface area contributed by atoms with Crippen LogP contribution in [0.25, 0.3) is 11.1 Å². The number of nitrogens with one attached hydrogen (secondary N) is 1. The van der Waals surface area contributed by atoms with Crippen molar-refractivity contribution in [3.8, 4) is 28.4 Å². The first-order chi connectivity index (χ1) is 19.9. The molecule has 4 aromatic carbocycles. The van der Waals surface area contributed by atoms with E-state index in [1.54, 1.807) is 12.1 Å². The second kappa shape index (κ2) is 12.6. The van der Waals surface area contributed by atoms with Crippen molar-refractivity contribution in [3.05, 3.63) is 113 Å². The van der Waals surface area contributed by atoms with E-state index in [4.69, 9.17) is 0 Å². The van der Waals surface area contributed by atoms with Gasteiger partial charge >= 0.3 is 0 Å². The van der Waals surface area contributed by atoms with Gasteiger partial charge in [-0.05, 0) is 52.1 Å². The Morgan fingerprint density at radius 2 is 1.37 bits per heavy atom. The number of piperazine rings is 1. The summed E-state index contributed by atoms with van der Waals surface area (Å²) in [6, 6.07) is 28.5. The molecule has 0 spiro atoms. The summed E-state index contributed by atoms with van der Waals surface area (Å²) in [6.07, 6.45) is -0.0677. The molecule has 210 valence electrons. The minimum atomic E-state index is -0.615. The molecule has 1 fully saturated rings. The minimum Gasteiger partial charge on any atom is -0.504 e. The van der Waals surface area contributed by atoms with E-state index >= 15 is 0 Å². The third kappa shape index (κ3) is 6.85. The van der Waals surface area contributed by atoms with E-state index < -0.39 is 17.2 Å². The molecule has 0 saturated carbocycles. The lowest BCUT2D eigenvalue weighted by molar-refractivity contribution is -0.120. The Labute approximate surface area is 239 Å². The fraction of sp³-hybridized carbons (Fsp3) is 0.212. The number of phenolic OH excluding ortho intramolecular Hbond substituents is 3. The molecular weight excluding hydrogens is 518 g/mol. The molecule has 41 heavy (non-hydrogen) atoms. The SMILES string of the molecule is O=C(Cc1cc(O)c(O)c(O)c1)NCc1ccc(C(=O)N2CCN(Cc3ccccc3-c3ccccc3)CC2)cc1. The topological polar surface area (TPSA) is 113 Å². The number of nitrogens with zero attached hydrogens (tertiary/aromatic N) is 2. The van der Waals surface area contributed by atoms with Crippen molar-refractivity contribution in [1.29, 1.82) is 0 Å². The summed E-state index contributed by atoms with van der Waals surface area (Å²) in [6.45, 7) is 4.03. The molecule has 0 bridgehead atoms. The Hall–Kier alpha value is -4.82. The molecule has 0 unspecified atom stereocenters. The monoisotopic (exact) mass is 551 g/mol. The van der Waals surface area contributed by atoms with Crippen LogP contribution in [0.3, 0.4) is 0 Å². The number of aromatic hydroxyl groups is 3. The first-order valence-corrected chi connectivity index (χ1v) is 13.6. The zero-order valence-electron chi connectivity index (χ0n) is 22.7. The number of phenols is 3. The maximum atomic E-state index is 13.1. The van der Waals surface area contributed by atoms with Gasteiger partial charge in [0.1, 0.15) is 0 Å². The highest BCUT2D eigenvalue weighted by atomic mass is 16.3. The van der Waals surface area contributed by atoms with E-state index in [-0.39, 0.29) is 24.8 Å². The zero-order chi connectivity index (χ0) is 28.8. The van der Waals surface area contributed by atoms with Crippen LogP contribution in [0.1, 0.15) is 27.0 Å². The van der Waals surface area contributed by atoms with E-state index in [1.807, 2.05) is 23.1 Å². The summed E-state index contributed by atoms with van der Waals surface area (Å²) >= 11 is 0. The van der Waals surface area contributed by atoms with Gasteiger partial charge in [-0.2, -0.15) is 0 Å². The van der Waals surface area contributed by atoms with Gasteiger partial charge in [0.05, 0.1) is 6.42 Å². The predicted molar refractivity (Wildman–Crippen MR) is 156 cm³/mol. The molecule has 1 saturated heterocycles. The van der Waals surface area contributed by atoms with Crippen LogP contribution in [0.2, 0.25) is 0 Å². The smallest absolute Gasteiger partial charge is 0.253 e. The van der Waals surface area contributed by atoms with Crippen LogP contribution >= 0.6 is 0 Å². The number of rotatable bonds is 8. The number of carbonyl (C=O) groups excluding carboxylic acids is 2. The molecule has 8 heteroatoms. The fourth-order valence-corrected chi connectivity index (χ4v) is 5.07. The number of amides is 2. The van der Waals surface area contributed by atoms with Crippen LogP contribution in [0.15, 0.2) is 91.0 Å². The first-order valence-electron chi connectivity index (χ1n) is 13.6. The van der Waals surface area contributed by atoms with Gasteiger partial charge in [0.15, 0.2) is 17.2 Å². The summed E-state index contributed by atoms with van der Waals surface area (Å²) in [5.41, 5.74) is 5.54. The molecule has 0 aromatic heterocycles. The van der Waals surface area contributed by atoms with Crippen molar-refractivity contribution in [3.63, 3.8) is 0 Å². The summed E-state index contributed by atoms with van der Waals surface area (Å²) < 4.78 is 0. The minimum absolute atomic E-state index is 0.00290. The Balaban J connectivity index is 1.10. The van der Waals surface area contributed by atoms with Crippen molar-refractivity contribution in [2.75, 3.05) is 26.2 Å². The fourth-order valence-electron chi connectivity index (χ4n) is 5.07. The summed E-state index contributed by atoms with van der Waals surface area (Å²) in [4.78, 5) is 29.7. The lowest BCUT2D eigenvalue weighted by Gasteiger charge is -2.35. The van der Waals surface area contributed by atoms with Crippen molar-refractivity contribution in [1.82, 2.24) is 15.1 Å². The number of carbonyl (C=O) groups is 2. The van der Waals surface area contributed by atoms with Gasteiger partial charge in [-0.25, -0.2) is 0 Å². The summed E-state index contributed by atoms with van der Waals surface area (Å²) in [7, 11) is 0. The molecule has 4 N–H and O–H groups in total. The normalized spacial score (nSPS) is 13.6. The van der Waals surface area contributed by atoms with Crippen LogP contribution in [0.4, 0.5) is 0 Å².